The zero-order valence-corrected chi connectivity index (χ0v) is 10.4. The first-order valence-electron chi connectivity index (χ1n) is 6.43. The molecular weight excluding hydrogens is 196 g/mol. The van der Waals surface area contributed by atoms with Crippen molar-refractivity contribution in [3.63, 3.8) is 0 Å². The van der Waals surface area contributed by atoms with Gasteiger partial charge in [-0.3, -0.25) is 0 Å². The molecule has 88 valence electrons. The number of hydrogen-bond acceptors (Lipinski definition) is 1. The average Bonchev–Trinajstić information content (AvgIpc) is 2.47. The second-order valence-electron chi connectivity index (χ2n) is 5.16. The molecule has 16 heavy (non-hydrogen) atoms. The van der Waals surface area contributed by atoms with Crippen LogP contribution in [0.3, 0.4) is 0 Å². The Morgan fingerprint density at radius 1 is 1.00 bits per heavy atom. The van der Waals surface area contributed by atoms with E-state index in [1.165, 1.54) is 36.0 Å². The monoisotopic (exact) mass is 218 g/mol. The predicted octanol–water partition coefficient (Wildman–Crippen LogP) is 3.71. The summed E-state index contributed by atoms with van der Waals surface area (Å²) in [4.78, 5) is 0. The normalized spacial score (nSPS) is 26.4. The molecule has 2 rings (SSSR count). The van der Waals surface area contributed by atoms with E-state index in [9.17, 15) is 5.11 Å². The van der Waals surface area contributed by atoms with Crippen LogP contribution < -0.4 is 0 Å². The van der Waals surface area contributed by atoms with Gasteiger partial charge in [0.05, 0.1) is 6.10 Å². The molecule has 2 unspecified atom stereocenters. The largest absolute Gasteiger partial charge is 0.392 e. The van der Waals surface area contributed by atoms with Crippen molar-refractivity contribution in [2.24, 2.45) is 0 Å². The van der Waals surface area contributed by atoms with E-state index in [0.29, 0.717) is 5.92 Å². The third-order valence-electron chi connectivity index (χ3n) is 3.94. The molecule has 0 saturated heterocycles. The van der Waals surface area contributed by atoms with Gasteiger partial charge in [0, 0.05) is 5.92 Å². The summed E-state index contributed by atoms with van der Waals surface area (Å²) in [6.07, 6.45) is 5.70. The van der Waals surface area contributed by atoms with Gasteiger partial charge in [-0.15, -0.1) is 0 Å². The zero-order chi connectivity index (χ0) is 11.5. The molecule has 1 aromatic carbocycles. The molecule has 0 bridgehead atoms. The van der Waals surface area contributed by atoms with Crippen LogP contribution in [0.1, 0.15) is 54.7 Å². The van der Waals surface area contributed by atoms with Crippen LogP contribution in [0.2, 0.25) is 0 Å². The molecule has 0 aromatic heterocycles. The van der Waals surface area contributed by atoms with E-state index in [2.05, 4.69) is 32.0 Å². The quantitative estimate of drug-likeness (QED) is 0.712. The van der Waals surface area contributed by atoms with Crippen molar-refractivity contribution in [1.82, 2.24) is 0 Å². The van der Waals surface area contributed by atoms with Gasteiger partial charge in [-0.1, -0.05) is 37.5 Å². The Labute approximate surface area is 98.5 Å². The molecule has 0 aliphatic heterocycles. The lowest BCUT2D eigenvalue weighted by molar-refractivity contribution is 0.135. The Morgan fingerprint density at radius 2 is 1.75 bits per heavy atom. The van der Waals surface area contributed by atoms with E-state index in [1.807, 2.05) is 0 Å². The molecule has 0 amide bonds. The molecule has 1 heteroatoms. The van der Waals surface area contributed by atoms with Gasteiger partial charge in [0.1, 0.15) is 0 Å². The first-order chi connectivity index (χ1) is 7.68. The van der Waals surface area contributed by atoms with Crippen LogP contribution in [0.4, 0.5) is 0 Å². The fourth-order valence-corrected chi connectivity index (χ4v) is 2.67. The number of benzene rings is 1. The van der Waals surface area contributed by atoms with Crippen molar-refractivity contribution in [2.45, 2.75) is 58.0 Å². The van der Waals surface area contributed by atoms with Gasteiger partial charge in [0.25, 0.3) is 0 Å². The number of aryl methyl sites for hydroxylation is 2. The maximum absolute atomic E-state index is 10.2. The van der Waals surface area contributed by atoms with E-state index in [4.69, 9.17) is 0 Å². The molecule has 0 spiro atoms. The highest BCUT2D eigenvalue weighted by Gasteiger charge is 2.23. The summed E-state index contributed by atoms with van der Waals surface area (Å²) >= 11 is 0. The van der Waals surface area contributed by atoms with Crippen molar-refractivity contribution in [3.8, 4) is 0 Å². The van der Waals surface area contributed by atoms with E-state index in [-0.39, 0.29) is 6.10 Å². The summed E-state index contributed by atoms with van der Waals surface area (Å²) in [6.45, 7) is 4.30. The number of aliphatic hydroxyl groups excluding tert-OH is 1. The minimum absolute atomic E-state index is 0.135. The van der Waals surface area contributed by atoms with Crippen LogP contribution >= 0.6 is 0 Å². The summed E-state index contributed by atoms with van der Waals surface area (Å²) in [7, 11) is 0. The third-order valence-corrected chi connectivity index (χ3v) is 3.94. The highest BCUT2D eigenvalue weighted by Crippen LogP contribution is 2.32. The van der Waals surface area contributed by atoms with Crippen molar-refractivity contribution in [3.05, 3.63) is 34.9 Å². The van der Waals surface area contributed by atoms with E-state index in [1.54, 1.807) is 0 Å². The topological polar surface area (TPSA) is 20.2 Å². The molecule has 1 aliphatic rings. The molecule has 1 fully saturated rings. The molecule has 1 aliphatic carbocycles. The lowest BCUT2D eigenvalue weighted by atomic mass is 9.88. The second-order valence-corrected chi connectivity index (χ2v) is 5.16. The fourth-order valence-electron chi connectivity index (χ4n) is 2.67. The maximum Gasteiger partial charge on any atom is 0.0608 e. The minimum Gasteiger partial charge on any atom is -0.392 e. The van der Waals surface area contributed by atoms with E-state index < -0.39 is 0 Å². The lowest BCUT2D eigenvalue weighted by Gasteiger charge is -2.21. The van der Waals surface area contributed by atoms with Crippen LogP contribution in [0.25, 0.3) is 0 Å². The molecule has 1 nitrogen and oxygen atoms in total. The SMILES string of the molecule is Cc1ccc(C2CCCCCC2O)cc1C. The second kappa shape index (κ2) is 5.01. The highest BCUT2D eigenvalue weighted by molar-refractivity contribution is 5.32. The van der Waals surface area contributed by atoms with Gasteiger partial charge in [-0.05, 0) is 43.4 Å². The Hall–Kier alpha value is -0.820. The van der Waals surface area contributed by atoms with Crippen molar-refractivity contribution in [2.75, 3.05) is 0 Å². The molecule has 1 aromatic rings. The Bertz CT molecular complexity index is 356. The maximum atomic E-state index is 10.2. The summed E-state index contributed by atoms with van der Waals surface area (Å²) < 4.78 is 0. The van der Waals surface area contributed by atoms with Crippen LogP contribution in [0, 0.1) is 13.8 Å². The standard InChI is InChI=1S/C15H22O/c1-11-8-9-13(10-12(11)2)14-6-4-3-5-7-15(14)16/h8-10,14-16H,3-7H2,1-2H3. The average molecular weight is 218 g/mol. The molecular formula is C15H22O. The van der Waals surface area contributed by atoms with Crippen LogP contribution in [0.15, 0.2) is 18.2 Å². The molecule has 1 N–H and O–H groups in total. The fraction of sp³-hybridized carbons (Fsp3) is 0.600. The van der Waals surface area contributed by atoms with Crippen molar-refractivity contribution >= 4 is 0 Å². The van der Waals surface area contributed by atoms with Crippen LogP contribution in [0.5, 0.6) is 0 Å². The van der Waals surface area contributed by atoms with E-state index >= 15 is 0 Å². The Balaban J connectivity index is 2.23. The highest BCUT2D eigenvalue weighted by atomic mass is 16.3. The van der Waals surface area contributed by atoms with Gasteiger partial charge < -0.3 is 5.11 Å². The van der Waals surface area contributed by atoms with E-state index in [0.717, 1.165) is 12.8 Å². The summed E-state index contributed by atoms with van der Waals surface area (Å²) in [6, 6.07) is 6.64. The molecule has 2 atom stereocenters. The zero-order valence-electron chi connectivity index (χ0n) is 10.4. The van der Waals surface area contributed by atoms with Crippen LogP contribution in [-0.2, 0) is 0 Å². The molecule has 1 saturated carbocycles. The molecule has 0 heterocycles. The molecule has 0 radical (unpaired) electrons. The smallest absolute Gasteiger partial charge is 0.0608 e. The first-order valence-corrected chi connectivity index (χ1v) is 6.43. The summed E-state index contributed by atoms with van der Waals surface area (Å²) in [5, 5.41) is 10.2. The lowest BCUT2D eigenvalue weighted by Crippen LogP contribution is -2.16. The van der Waals surface area contributed by atoms with Gasteiger partial charge in [0.15, 0.2) is 0 Å². The van der Waals surface area contributed by atoms with Crippen LogP contribution in [-0.4, -0.2) is 11.2 Å². The third kappa shape index (κ3) is 2.46. The predicted molar refractivity (Wildman–Crippen MR) is 67.7 cm³/mol. The Kier molecular flexibility index (Phi) is 3.65. The summed E-state index contributed by atoms with van der Waals surface area (Å²) in [5.74, 6) is 0.363. The van der Waals surface area contributed by atoms with Crippen molar-refractivity contribution in [1.29, 1.82) is 0 Å². The first kappa shape index (κ1) is 11.7. The number of aliphatic hydroxyl groups is 1. The van der Waals surface area contributed by atoms with Gasteiger partial charge in [-0.2, -0.15) is 0 Å². The number of hydrogen-bond donors (Lipinski definition) is 1. The Morgan fingerprint density at radius 3 is 2.50 bits per heavy atom. The van der Waals surface area contributed by atoms with Crippen molar-refractivity contribution < 1.29 is 5.11 Å². The summed E-state index contributed by atoms with van der Waals surface area (Å²) in [5.41, 5.74) is 4.01. The van der Waals surface area contributed by atoms with Gasteiger partial charge in [0.2, 0.25) is 0 Å². The number of rotatable bonds is 1. The van der Waals surface area contributed by atoms with Gasteiger partial charge >= 0.3 is 0 Å². The van der Waals surface area contributed by atoms with Gasteiger partial charge in [-0.25, -0.2) is 0 Å². The minimum atomic E-state index is -0.135.